The van der Waals surface area contributed by atoms with Gasteiger partial charge in [-0.05, 0) is 31.2 Å². The highest BCUT2D eigenvalue weighted by Gasteiger charge is 2.23. The molecule has 0 unspecified atom stereocenters. The number of ether oxygens (including phenoxy) is 1. The normalized spacial score (nSPS) is 13.5. The van der Waals surface area contributed by atoms with Crippen molar-refractivity contribution in [2.24, 2.45) is 7.05 Å². The maximum atomic E-state index is 13.4. The summed E-state index contributed by atoms with van der Waals surface area (Å²) < 4.78 is 8.34. The molecule has 1 amide bonds. The van der Waals surface area contributed by atoms with Crippen LogP contribution in [-0.4, -0.2) is 96.6 Å². The predicted octanol–water partition coefficient (Wildman–Crippen LogP) is 1.75. The Bertz CT molecular complexity index is 1970. The molecule has 1 fully saturated rings. The number of hydrogen-bond acceptors (Lipinski definition) is 12. The van der Waals surface area contributed by atoms with Crippen LogP contribution in [0.2, 0.25) is 0 Å². The Kier molecular flexibility index (Phi) is 8.90. The zero-order valence-corrected chi connectivity index (χ0v) is 26.3. The number of methoxy groups -OCH3 is 1. The summed E-state index contributed by atoms with van der Waals surface area (Å²) in [6.07, 6.45) is 6.35. The van der Waals surface area contributed by atoms with Gasteiger partial charge in [0.15, 0.2) is 5.82 Å². The minimum Gasteiger partial charge on any atom is -0.497 e. The Hall–Kier alpha value is -5.67. The lowest BCUT2D eigenvalue weighted by Crippen LogP contribution is -2.47. The number of nitrogens with two attached hydrogens (primary N) is 1. The highest BCUT2D eigenvalue weighted by molar-refractivity contribution is 6.05. The number of piperazine rings is 1. The van der Waals surface area contributed by atoms with Crippen molar-refractivity contribution in [2.45, 2.75) is 6.92 Å². The maximum Gasteiger partial charge on any atom is 0.284 e. The summed E-state index contributed by atoms with van der Waals surface area (Å²) in [6.45, 7) is 5.70. The molecular weight excluding hydrogens is 602 g/mol. The van der Waals surface area contributed by atoms with Crippen molar-refractivity contribution in [3.8, 4) is 34.2 Å². The molecule has 0 bridgehead atoms. The van der Waals surface area contributed by atoms with E-state index in [1.165, 1.54) is 10.9 Å². The van der Waals surface area contributed by atoms with Crippen LogP contribution in [0.1, 0.15) is 16.1 Å². The molecule has 1 saturated heterocycles. The van der Waals surface area contributed by atoms with E-state index in [1.807, 2.05) is 0 Å². The molecule has 5 heterocycles. The molecule has 6 rings (SSSR count). The van der Waals surface area contributed by atoms with Crippen molar-refractivity contribution >= 4 is 23.2 Å². The number of aliphatic hydroxyl groups excluding tert-OH is 1. The highest BCUT2D eigenvalue weighted by atomic mass is 16.5. The SMILES string of the molecule is COc1cccc(-n2c(=O)c(C(=O)Nc3ccc(-c4nc(-c5cncc(N6CCN(CCO)CC6)n5)cnc4N)nc3)c(C)n2C)c1. The fourth-order valence-corrected chi connectivity index (χ4v) is 5.49. The third kappa shape index (κ3) is 6.39. The van der Waals surface area contributed by atoms with Crippen LogP contribution in [-0.2, 0) is 7.05 Å². The molecule has 0 aliphatic carbocycles. The zero-order valence-electron chi connectivity index (χ0n) is 26.3. The van der Waals surface area contributed by atoms with Crippen molar-refractivity contribution in [3.63, 3.8) is 0 Å². The molecule has 1 aliphatic heterocycles. The summed E-state index contributed by atoms with van der Waals surface area (Å²) in [5.74, 6) is 0.940. The van der Waals surface area contributed by atoms with Crippen molar-refractivity contribution in [2.75, 3.05) is 62.4 Å². The van der Waals surface area contributed by atoms with Gasteiger partial charge in [0.25, 0.3) is 11.5 Å². The number of nitrogens with one attached hydrogen (secondary N) is 1. The van der Waals surface area contributed by atoms with E-state index >= 15 is 0 Å². The molecule has 0 saturated carbocycles. The van der Waals surface area contributed by atoms with E-state index in [0.717, 1.165) is 32.0 Å². The van der Waals surface area contributed by atoms with Gasteiger partial charge in [-0.1, -0.05) is 6.07 Å². The maximum absolute atomic E-state index is 13.4. The van der Waals surface area contributed by atoms with Gasteiger partial charge in [0.1, 0.15) is 34.2 Å². The van der Waals surface area contributed by atoms with E-state index < -0.39 is 11.5 Å². The third-order valence-corrected chi connectivity index (χ3v) is 8.14. The van der Waals surface area contributed by atoms with Gasteiger partial charge in [0.05, 0.1) is 61.3 Å². The van der Waals surface area contributed by atoms with Gasteiger partial charge in [-0.25, -0.2) is 19.6 Å². The summed E-state index contributed by atoms with van der Waals surface area (Å²) >= 11 is 0. The molecule has 1 aliphatic rings. The molecule has 242 valence electrons. The zero-order chi connectivity index (χ0) is 33.1. The van der Waals surface area contributed by atoms with Crippen LogP contribution in [0, 0.1) is 6.92 Å². The van der Waals surface area contributed by atoms with E-state index in [-0.39, 0.29) is 18.0 Å². The number of hydrogen-bond donors (Lipinski definition) is 3. The first-order valence-electron chi connectivity index (χ1n) is 15.0. The predicted molar refractivity (Wildman–Crippen MR) is 177 cm³/mol. The van der Waals surface area contributed by atoms with E-state index in [2.05, 4.69) is 30.1 Å². The lowest BCUT2D eigenvalue weighted by molar-refractivity contribution is 0.102. The lowest BCUT2D eigenvalue weighted by Gasteiger charge is -2.34. The van der Waals surface area contributed by atoms with E-state index in [4.69, 9.17) is 20.4 Å². The average molecular weight is 638 g/mol. The fourth-order valence-electron chi connectivity index (χ4n) is 5.49. The van der Waals surface area contributed by atoms with Crippen molar-refractivity contribution < 1.29 is 14.6 Å². The molecule has 47 heavy (non-hydrogen) atoms. The van der Waals surface area contributed by atoms with Crippen LogP contribution < -0.4 is 26.2 Å². The second kappa shape index (κ2) is 13.4. The number of carbonyl (C=O) groups excluding carboxylic acids is 1. The number of nitrogens with zero attached hydrogens (tertiary/aromatic N) is 9. The topological polar surface area (TPSA) is 182 Å². The van der Waals surface area contributed by atoms with Gasteiger partial charge >= 0.3 is 0 Å². The van der Waals surface area contributed by atoms with Gasteiger partial charge in [0.2, 0.25) is 0 Å². The van der Waals surface area contributed by atoms with Crippen molar-refractivity contribution in [1.29, 1.82) is 0 Å². The van der Waals surface area contributed by atoms with Crippen molar-refractivity contribution in [1.82, 2.24) is 39.2 Å². The average Bonchev–Trinajstić information content (AvgIpc) is 3.32. The van der Waals surface area contributed by atoms with Gasteiger partial charge < -0.3 is 25.8 Å². The number of β-amino-alcohol motifs (C(OH)–C–C–N with tert-alkyl or cyclic N) is 1. The Morgan fingerprint density at radius 3 is 2.51 bits per heavy atom. The van der Waals surface area contributed by atoms with E-state index in [0.29, 0.717) is 52.1 Å². The van der Waals surface area contributed by atoms with Crippen LogP contribution in [0.4, 0.5) is 17.3 Å². The van der Waals surface area contributed by atoms with E-state index in [1.54, 1.807) is 80.8 Å². The van der Waals surface area contributed by atoms with Crippen LogP contribution in [0.3, 0.4) is 0 Å². The second-order valence-electron chi connectivity index (χ2n) is 11.0. The Morgan fingerprint density at radius 2 is 1.79 bits per heavy atom. The molecule has 15 heteroatoms. The molecular formula is C32H35N11O4. The van der Waals surface area contributed by atoms with Crippen LogP contribution in [0.5, 0.6) is 5.75 Å². The number of rotatable bonds is 9. The Morgan fingerprint density at radius 1 is 1.00 bits per heavy atom. The Balaban J connectivity index is 1.20. The molecule has 4 aromatic heterocycles. The summed E-state index contributed by atoms with van der Waals surface area (Å²) in [7, 11) is 3.26. The van der Waals surface area contributed by atoms with E-state index in [9.17, 15) is 14.7 Å². The number of anilines is 3. The molecule has 1 aromatic carbocycles. The first-order chi connectivity index (χ1) is 22.8. The first-order valence-corrected chi connectivity index (χ1v) is 15.0. The highest BCUT2D eigenvalue weighted by Crippen LogP contribution is 2.26. The first kappa shape index (κ1) is 31.3. The molecule has 4 N–H and O–H groups in total. The number of amides is 1. The summed E-state index contributed by atoms with van der Waals surface area (Å²) in [5.41, 5.74) is 9.01. The number of aliphatic hydroxyl groups is 1. The van der Waals surface area contributed by atoms with Crippen LogP contribution in [0.15, 0.2) is 66.0 Å². The second-order valence-corrected chi connectivity index (χ2v) is 11.0. The van der Waals surface area contributed by atoms with Crippen molar-refractivity contribution in [3.05, 3.63) is 82.8 Å². The largest absolute Gasteiger partial charge is 0.497 e. The molecule has 5 aromatic rings. The smallest absolute Gasteiger partial charge is 0.284 e. The van der Waals surface area contributed by atoms with Gasteiger partial charge in [0, 0.05) is 45.8 Å². The monoisotopic (exact) mass is 637 g/mol. The molecule has 0 spiro atoms. The Labute approximate surface area is 270 Å². The summed E-state index contributed by atoms with van der Waals surface area (Å²) in [5, 5.41) is 12.0. The van der Waals surface area contributed by atoms with Gasteiger partial charge in [-0.15, -0.1) is 0 Å². The minimum atomic E-state index is -0.561. The fraction of sp³-hybridized carbons (Fsp3) is 0.281. The number of nitrogen functional groups attached to an aromatic ring is 1. The number of pyridine rings is 1. The molecule has 0 radical (unpaired) electrons. The lowest BCUT2D eigenvalue weighted by atomic mass is 10.2. The van der Waals surface area contributed by atoms with Crippen LogP contribution >= 0.6 is 0 Å². The quantitative estimate of drug-likeness (QED) is 0.213. The van der Waals surface area contributed by atoms with Gasteiger partial charge in [-0.2, -0.15) is 0 Å². The number of benzene rings is 1. The number of carbonyl (C=O) groups is 1. The van der Waals surface area contributed by atoms with Crippen LogP contribution in [0.25, 0.3) is 28.5 Å². The molecule has 0 atom stereocenters. The summed E-state index contributed by atoms with van der Waals surface area (Å²) in [4.78, 5) is 53.7. The van der Waals surface area contributed by atoms with Gasteiger partial charge in [-0.3, -0.25) is 29.1 Å². The standard InChI is InChI=1S/C32H35N11O4/c1-20-28(32(46)43(40(20)2)22-5-4-6-23(15-22)47-3)31(45)37-21-7-8-24(35-16-21)29-30(33)36-18-26(39-29)25-17-34-19-27(38-25)42-11-9-41(10-12-42)13-14-44/h4-8,15-19,44H,9-14H2,1-3H3,(H2,33,36)(H,37,45). The third-order valence-electron chi connectivity index (χ3n) is 8.14. The summed E-state index contributed by atoms with van der Waals surface area (Å²) in [6, 6.07) is 10.4. The minimum absolute atomic E-state index is 0.0117. The molecule has 15 nitrogen and oxygen atoms in total. The number of aromatic nitrogens is 7.